The van der Waals surface area contributed by atoms with Crippen LogP contribution in [0.5, 0.6) is 0 Å². The molecule has 0 saturated heterocycles. The Bertz CT molecular complexity index is 179. The summed E-state index contributed by atoms with van der Waals surface area (Å²) < 4.78 is 0. The normalized spacial score (nSPS) is 30.6. The van der Waals surface area contributed by atoms with Crippen LogP contribution in [0.2, 0.25) is 0 Å². The van der Waals surface area contributed by atoms with E-state index in [4.69, 9.17) is 11.6 Å². The molecule has 0 aromatic heterocycles. The second-order valence-corrected chi connectivity index (χ2v) is 6.73. The lowest BCUT2D eigenvalue weighted by atomic mass is 9.78. The van der Waals surface area contributed by atoms with Crippen LogP contribution >= 0.6 is 23.4 Å². The zero-order valence-electron chi connectivity index (χ0n) is 10.7. The molecule has 16 heavy (non-hydrogen) atoms. The molecule has 0 spiro atoms. The Morgan fingerprint density at radius 2 is 2.06 bits per heavy atom. The van der Waals surface area contributed by atoms with Crippen LogP contribution < -0.4 is 5.32 Å². The van der Waals surface area contributed by atoms with Crippen LogP contribution in [-0.2, 0) is 0 Å². The number of alkyl halides is 1. The SMILES string of the molecule is CCSCCCNC1(CCl)CCC(C)CC1. The number of thioether (sulfide) groups is 1. The van der Waals surface area contributed by atoms with Crippen molar-refractivity contribution >= 4 is 23.4 Å². The minimum Gasteiger partial charge on any atom is -0.310 e. The smallest absolute Gasteiger partial charge is 0.0406 e. The van der Waals surface area contributed by atoms with E-state index in [1.54, 1.807) is 0 Å². The zero-order chi connectivity index (χ0) is 11.9. The van der Waals surface area contributed by atoms with Gasteiger partial charge in [0.2, 0.25) is 0 Å². The molecule has 3 heteroatoms. The number of nitrogens with one attached hydrogen (secondary N) is 1. The first-order valence-corrected chi connectivity index (χ1v) is 8.30. The van der Waals surface area contributed by atoms with Crippen LogP contribution in [0.1, 0.15) is 46.0 Å². The van der Waals surface area contributed by atoms with Gasteiger partial charge in [-0.1, -0.05) is 13.8 Å². The fraction of sp³-hybridized carbons (Fsp3) is 1.00. The van der Waals surface area contributed by atoms with Gasteiger partial charge in [-0.15, -0.1) is 11.6 Å². The number of halogens is 1. The van der Waals surface area contributed by atoms with Gasteiger partial charge in [-0.3, -0.25) is 0 Å². The van der Waals surface area contributed by atoms with Crippen molar-refractivity contribution < 1.29 is 0 Å². The molecule has 0 radical (unpaired) electrons. The number of rotatable bonds is 7. The van der Waals surface area contributed by atoms with Gasteiger partial charge in [0, 0.05) is 11.4 Å². The maximum Gasteiger partial charge on any atom is 0.0406 e. The monoisotopic (exact) mass is 263 g/mol. The Morgan fingerprint density at radius 3 is 2.62 bits per heavy atom. The van der Waals surface area contributed by atoms with Crippen molar-refractivity contribution in [3.05, 3.63) is 0 Å². The van der Waals surface area contributed by atoms with E-state index in [0.29, 0.717) is 0 Å². The van der Waals surface area contributed by atoms with Gasteiger partial charge in [0.05, 0.1) is 0 Å². The molecule has 0 aliphatic heterocycles. The zero-order valence-corrected chi connectivity index (χ0v) is 12.3. The molecule has 1 aliphatic carbocycles. The minimum absolute atomic E-state index is 0.255. The lowest BCUT2D eigenvalue weighted by Gasteiger charge is -2.39. The molecule has 0 aromatic carbocycles. The van der Waals surface area contributed by atoms with Crippen molar-refractivity contribution in [3.8, 4) is 0 Å². The van der Waals surface area contributed by atoms with Gasteiger partial charge >= 0.3 is 0 Å². The van der Waals surface area contributed by atoms with E-state index in [1.165, 1.54) is 43.6 Å². The summed E-state index contributed by atoms with van der Waals surface area (Å²) in [6, 6.07) is 0. The van der Waals surface area contributed by atoms with Crippen molar-refractivity contribution in [1.29, 1.82) is 0 Å². The van der Waals surface area contributed by atoms with Crippen LogP contribution in [0.25, 0.3) is 0 Å². The van der Waals surface area contributed by atoms with Gasteiger partial charge in [0.25, 0.3) is 0 Å². The third-order valence-corrected chi connectivity index (χ3v) is 5.15. The van der Waals surface area contributed by atoms with E-state index < -0.39 is 0 Å². The van der Waals surface area contributed by atoms with Crippen LogP contribution in [-0.4, -0.2) is 29.5 Å². The molecule has 1 saturated carbocycles. The highest BCUT2D eigenvalue weighted by atomic mass is 35.5. The van der Waals surface area contributed by atoms with Gasteiger partial charge in [-0.25, -0.2) is 0 Å². The Labute approximate surface area is 110 Å². The lowest BCUT2D eigenvalue weighted by molar-refractivity contribution is 0.218. The van der Waals surface area contributed by atoms with E-state index in [0.717, 1.165) is 18.3 Å². The fourth-order valence-corrected chi connectivity index (χ4v) is 3.34. The van der Waals surface area contributed by atoms with Gasteiger partial charge in [0.15, 0.2) is 0 Å². The first kappa shape index (κ1) is 14.7. The van der Waals surface area contributed by atoms with Crippen LogP contribution in [0.4, 0.5) is 0 Å². The van der Waals surface area contributed by atoms with Crippen LogP contribution in [0, 0.1) is 5.92 Å². The highest BCUT2D eigenvalue weighted by molar-refractivity contribution is 7.99. The average Bonchev–Trinajstić information content (AvgIpc) is 2.32. The molecule has 0 aromatic rings. The standard InChI is InChI=1S/C13H26ClNS/c1-3-16-10-4-9-15-13(11-14)7-5-12(2)6-8-13/h12,15H,3-11H2,1-2H3. The van der Waals surface area contributed by atoms with Crippen molar-refractivity contribution in [2.24, 2.45) is 5.92 Å². The predicted octanol–water partition coefficient (Wildman–Crippen LogP) is 3.91. The topological polar surface area (TPSA) is 12.0 Å². The first-order valence-electron chi connectivity index (χ1n) is 6.61. The van der Waals surface area contributed by atoms with E-state index in [2.05, 4.69) is 19.2 Å². The van der Waals surface area contributed by atoms with E-state index in [1.807, 2.05) is 11.8 Å². The molecule has 96 valence electrons. The second kappa shape index (κ2) is 7.84. The molecular weight excluding hydrogens is 238 g/mol. The molecule has 1 nitrogen and oxygen atoms in total. The third kappa shape index (κ3) is 4.85. The summed E-state index contributed by atoms with van der Waals surface area (Å²) in [4.78, 5) is 0. The molecule has 1 aliphatic rings. The molecule has 0 unspecified atom stereocenters. The maximum atomic E-state index is 6.16. The summed E-state index contributed by atoms with van der Waals surface area (Å²) in [5.41, 5.74) is 0.255. The van der Waals surface area contributed by atoms with Gasteiger partial charge in [0.1, 0.15) is 0 Å². The van der Waals surface area contributed by atoms with Crippen molar-refractivity contribution in [3.63, 3.8) is 0 Å². The van der Waals surface area contributed by atoms with Gasteiger partial charge in [-0.2, -0.15) is 11.8 Å². The Kier molecular flexibility index (Phi) is 7.18. The van der Waals surface area contributed by atoms with Crippen molar-refractivity contribution in [1.82, 2.24) is 5.32 Å². The van der Waals surface area contributed by atoms with Gasteiger partial charge in [-0.05, 0) is 56.1 Å². The molecule has 1 N–H and O–H groups in total. The predicted molar refractivity (Wildman–Crippen MR) is 76.7 cm³/mol. The summed E-state index contributed by atoms with van der Waals surface area (Å²) in [6.07, 6.45) is 6.47. The Balaban J connectivity index is 2.20. The third-order valence-electron chi connectivity index (χ3n) is 3.66. The van der Waals surface area contributed by atoms with E-state index >= 15 is 0 Å². The number of hydrogen-bond donors (Lipinski definition) is 1. The summed E-state index contributed by atoms with van der Waals surface area (Å²) in [6.45, 7) is 5.71. The van der Waals surface area contributed by atoms with E-state index in [9.17, 15) is 0 Å². The molecule has 1 fully saturated rings. The summed E-state index contributed by atoms with van der Waals surface area (Å²) >= 11 is 8.19. The molecule has 1 rings (SSSR count). The summed E-state index contributed by atoms with van der Waals surface area (Å²) in [7, 11) is 0. The summed E-state index contributed by atoms with van der Waals surface area (Å²) in [5.74, 6) is 4.19. The summed E-state index contributed by atoms with van der Waals surface area (Å²) in [5, 5.41) is 3.72. The number of hydrogen-bond acceptors (Lipinski definition) is 2. The minimum atomic E-state index is 0.255. The quantitative estimate of drug-likeness (QED) is 0.552. The van der Waals surface area contributed by atoms with Crippen LogP contribution in [0.3, 0.4) is 0 Å². The van der Waals surface area contributed by atoms with Crippen molar-refractivity contribution in [2.45, 2.75) is 51.5 Å². The maximum absolute atomic E-state index is 6.16. The van der Waals surface area contributed by atoms with E-state index in [-0.39, 0.29) is 5.54 Å². The highest BCUT2D eigenvalue weighted by Gasteiger charge is 2.32. The molecule has 0 heterocycles. The molecule has 0 bridgehead atoms. The van der Waals surface area contributed by atoms with Gasteiger partial charge < -0.3 is 5.32 Å². The Hall–Kier alpha value is 0.600. The Morgan fingerprint density at radius 1 is 1.38 bits per heavy atom. The second-order valence-electron chi connectivity index (χ2n) is 5.07. The first-order chi connectivity index (χ1) is 7.72. The van der Waals surface area contributed by atoms with Crippen molar-refractivity contribution in [2.75, 3.05) is 23.9 Å². The highest BCUT2D eigenvalue weighted by Crippen LogP contribution is 2.32. The molecular formula is C13H26ClNS. The molecule has 0 amide bonds. The molecule has 0 atom stereocenters. The van der Waals surface area contributed by atoms with Crippen LogP contribution in [0.15, 0.2) is 0 Å². The largest absolute Gasteiger partial charge is 0.310 e. The average molecular weight is 264 g/mol. The lowest BCUT2D eigenvalue weighted by Crippen LogP contribution is -2.49. The fourth-order valence-electron chi connectivity index (χ4n) is 2.34.